The molecule has 0 bridgehead atoms. The Morgan fingerprint density at radius 1 is 1.53 bits per heavy atom. The summed E-state index contributed by atoms with van der Waals surface area (Å²) < 4.78 is 10.1. The van der Waals surface area contributed by atoms with Gasteiger partial charge in [0, 0.05) is 5.56 Å². The van der Waals surface area contributed by atoms with Crippen molar-refractivity contribution in [2.75, 3.05) is 7.11 Å². The van der Waals surface area contributed by atoms with Crippen LogP contribution < -0.4 is 10.1 Å². The first-order valence-corrected chi connectivity index (χ1v) is 5.57. The van der Waals surface area contributed by atoms with Crippen molar-refractivity contribution >= 4 is 6.09 Å². The van der Waals surface area contributed by atoms with E-state index in [1.165, 1.54) is 0 Å². The van der Waals surface area contributed by atoms with Crippen molar-refractivity contribution in [1.29, 1.82) is 0 Å². The van der Waals surface area contributed by atoms with Gasteiger partial charge in [0.1, 0.15) is 11.8 Å². The molecule has 0 saturated heterocycles. The third-order valence-corrected chi connectivity index (χ3v) is 2.48. The van der Waals surface area contributed by atoms with E-state index in [-0.39, 0.29) is 5.89 Å². The van der Waals surface area contributed by atoms with E-state index in [1.807, 2.05) is 12.1 Å². The van der Waals surface area contributed by atoms with Crippen molar-refractivity contribution in [3.8, 4) is 17.1 Å². The molecule has 19 heavy (non-hydrogen) atoms. The van der Waals surface area contributed by atoms with Gasteiger partial charge in [-0.2, -0.15) is 4.98 Å². The SMILES string of the molecule is COc1cccc(-c2noc([C@H](C)NC(=O)O)n2)c1. The summed E-state index contributed by atoms with van der Waals surface area (Å²) in [6.45, 7) is 1.62. The van der Waals surface area contributed by atoms with Crippen molar-refractivity contribution in [1.82, 2.24) is 15.5 Å². The Balaban J connectivity index is 2.22. The number of rotatable bonds is 4. The van der Waals surface area contributed by atoms with Crippen LogP contribution in [0, 0.1) is 0 Å². The molecule has 0 spiro atoms. The summed E-state index contributed by atoms with van der Waals surface area (Å²) in [5.41, 5.74) is 0.733. The van der Waals surface area contributed by atoms with E-state index in [9.17, 15) is 4.79 Å². The number of amides is 1. The number of ether oxygens (including phenoxy) is 1. The molecular formula is C12H13N3O4. The van der Waals surface area contributed by atoms with Gasteiger partial charge in [0.15, 0.2) is 0 Å². The fourth-order valence-corrected chi connectivity index (χ4v) is 1.54. The van der Waals surface area contributed by atoms with E-state index >= 15 is 0 Å². The summed E-state index contributed by atoms with van der Waals surface area (Å²) in [4.78, 5) is 14.7. The van der Waals surface area contributed by atoms with Gasteiger partial charge < -0.3 is 19.7 Å². The van der Waals surface area contributed by atoms with E-state index in [1.54, 1.807) is 26.2 Å². The molecule has 0 fully saturated rings. The Kier molecular flexibility index (Phi) is 3.65. The minimum Gasteiger partial charge on any atom is -0.497 e. The highest BCUT2D eigenvalue weighted by Gasteiger charge is 2.16. The number of methoxy groups -OCH3 is 1. The van der Waals surface area contributed by atoms with Crippen LogP contribution in [0.2, 0.25) is 0 Å². The first kappa shape index (κ1) is 12.9. The normalized spacial score (nSPS) is 11.9. The van der Waals surface area contributed by atoms with Crippen molar-refractivity contribution in [3.63, 3.8) is 0 Å². The largest absolute Gasteiger partial charge is 0.497 e. The second-order valence-corrected chi connectivity index (χ2v) is 3.86. The van der Waals surface area contributed by atoms with Crippen molar-refractivity contribution in [3.05, 3.63) is 30.2 Å². The second-order valence-electron chi connectivity index (χ2n) is 3.86. The molecule has 0 radical (unpaired) electrons. The predicted molar refractivity (Wildman–Crippen MR) is 65.9 cm³/mol. The average molecular weight is 263 g/mol. The summed E-state index contributed by atoms with van der Waals surface area (Å²) in [7, 11) is 1.57. The number of nitrogens with one attached hydrogen (secondary N) is 1. The summed E-state index contributed by atoms with van der Waals surface area (Å²) in [5, 5.41) is 14.7. The number of carboxylic acid groups (broad SMARTS) is 1. The molecule has 1 amide bonds. The average Bonchev–Trinajstić information content (AvgIpc) is 2.88. The lowest BCUT2D eigenvalue weighted by Crippen LogP contribution is -2.24. The van der Waals surface area contributed by atoms with Crippen molar-refractivity contribution < 1.29 is 19.2 Å². The number of hydrogen-bond acceptors (Lipinski definition) is 5. The molecule has 1 heterocycles. The minimum atomic E-state index is -1.14. The molecule has 1 aromatic heterocycles. The van der Waals surface area contributed by atoms with Gasteiger partial charge >= 0.3 is 6.09 Å². The van der Waals surface area contributed by atoms with Crippen molar-refractivity contribution in [2.24, 2.45) is 0 Å². The highest BCUT2D eigenvalue weighted by molar-refractivity contribution is 5.65. The number of nitrogens with zero attached hydrogens (tertiary/aromatic N) is 2. The van der Waals surface area contributed by atoms with Crippen LogP contribution in [-0.2, 0) is 0 Å². The lowest BCUT2D eigenvalue weighted by atomic mass is 10.2. The lowest BCUT2D eigenvalue weighted by molar-refractivity contribution is 0.187. The zero-order valence-corrected chi connectivity index (χ0v) is 10.5. The quantitative estimate of drug-likeness (QED) is 0.876. The van der Waals surface area contributed by atoms with Gasteiger partial charge in [0.05, 0.1) is 7.11 Å². The Bertz CT molecular complexity index is 582. The summed E-state index contributed by atoms with van der Waals surface area (Å²) in [6, 6.07) is 6.63. The van der Waals surface area contributed by atoms with Crippen molar-refractivity contribution in [2.45, 2.75) is 13.0 Å². The summed E-state index contributed by atoms with van der Waals surface area (Å²) in [5.74, 6) is 1.27. The van der Waals surface area contributed by atoms with Crippen LogP contribution >= 0.6 is 0 Å². The molecule has 2 rings (SSSR count). The van der Waals surface area contributed by atoms with E-state index in [0.29, 0.717) is 11.6 Å². The molecule has 100 valence electrons. The molecule has 1 aromatic carbocycles. The molecule has 2 aromatic rings. The molecule has 0 saturated carbocycles. The van der Waals surface area contributed by atoms with E-state index in [4.69, 9.17) is 14.4 Å². The van der Waals surface area contributed by atoms with E-state index < -0.39 is 12.1 Å². The number of aromatic nitrogens is 2. The molecule has 0 aliphatic heterocycles. The minimum absolute atomic E-state index is 0.209. The molecule has 7 heteroatoms. The van der Waals surface area contributed by atoms with Crippen LogP contribution in [0.4, 0.5) is 4.79 Å². The first-order chi connectivity index (χ1) is 9.10. The maximum absolute atomic E-state index is 10.5. The highest BCUT2D eigenvalue weighted by atomic mass is 16.5. The number of benzene rings is 1. The first-order valence-electron chi connectivity index (χ1n) is 5.57. The topological polar surface area (TPSA) is 97.5 Å². The molecule has 0 aliphatic rings. The molecular weight excluding hydrogens is 250 g/mol. The fraction of sp³-hybridized carbons (Fsp3) is 0.250. The second kappa shape index (κ2) is 5.38. The Labute approximate surface area is 109 Å². The Hall–Kier alpha value is -2.57. The van der Waals surface area contributed by atoms with Gasteiger partial charge in [-0.05, 0) is 19.1 Å². The Morgan fingerprint density at radius 2 is 2.32 bits per heavy atom. The van der Waals surface area contributed by atoms with Gasteiger partial charge in [-0.25, -0.2) is 4.79 Å². The molecule has 0 aliphatic carbocycles. The predicted octanol–water partition coefficient (Wildman–Crippen LogP) is 2.07. The van der Waals surface area contributed by atoms with Crippen LogP contribution in [0.1, 0.15) is 18.9 Å². The highest BCUT2D eigenvalue weighted by Crippen LogP contribution is 2.22. The number of carbonyl (C=O) groups is 1. The van der Waals surface area contributed by atoms with Crippen LogP contribution in [0.5, 0.6) is 5.75 Å². The monoisotopic (exact) mass is 263 g/mol. The Morgan fingerprint density at radius 3 is 3.00 bits per heavy atom. The zero-order chi connectivity index (χ0) is 13.8. The molecule has 0 unspecified atom stereocenters. The lowest BCUT2D eigenvalue weighted by Gasteiger charge is -2.04. The van der Waals surface area contributed by atoms with Crippen LogP contribution in [0.15, 0.2) is 28.8 Å². The third kappa shape index (κ3) is 3.01. The van der Waals surface area contributed by atoms with E-state index in [0.717, 1.165) is 5.56 Å². The number of hydrogen-bond donors (Lipinski definition) is 2. The van der Waals surface area contributed by atoms with Crippen LogP contribution in [0.25, 0.3) is 11.4 Å². The maximum Gasteiger partial charge on any atom is 0.405 e. The fourth-order valence-electron chi connectivity index (χ4n) is 1.54. The van der Waals surface area contributed by atoms with Crippen LogP contribution in [0.3, 0.4) is 0 Å². The van der Waals surface area contributed by atoms with Crippen LogP contribution in [-0.4, -0.2) is 28.5 Å². The molecule has 2 N–H and O–H groups in total. The maximum atomic E-state index is 10.5. The standard InChI is InChI=1S/C12H13N3O4/c1-7(13-12(16)17)11-14-10(15-19-11)8-4-3-5-9(6-8)18-2/h3-7,13H,1-2H3,(H,16,17)/t7-/m0/s1. The summed E-state index contributed by atoms with van der Waals surface area (Å²) in [6.07, 6.45) is -1.14. The molecule has 7 nitrogen and oxygen atoms in total. The van der Waals surface area contributed by atoms with E-state index in [2.05, 4.69) is 15.5 Å². The summed E-state index contributed by atoms with van der Waals surface area (Å²) >= 11 is 0. The smallest absolute Gasteiger partial charge is 0.405 e. The molecule has 1 atom stereocenters. The van der Waals surface area contributed by atoms with Gasteiger partial charge in [0.2, 0.25) is 11.7 Å². The van der Waals surface area contributed by atoms with Gasteiger partial charge in [-0.1, -0.05) is 17.3 Å². The van der Waals surface area contributed by atoms with Gasteiger partial charge in [-0.15, -0.1) is 0 Å². The van der Waals surface area contributed by atoms with Gasteiger partial charge in [-0.3, -0.25) is 0 Å². The third-order valence-electron chi connectivity index (χ3n) is 2.48. The zero-order valence-electron chi connectivity index (χ0n) is 10.5. The van der Waals surface area contributed by atoms with Gasteiger partial charge in [0.25, 0.3) is 0 Å².